The maximum Gasteiger partial charge on any atom is 0.240 e. The third-order valence-corrected chi connectivity index (χ3v) is 6.45. The Kier molecular flexibility index (Phi) is 6.08. The maximum absolute atomic E-state index is 12.7. The quantitative estimate of drug-likeness (QED) is 0.439. The minimum atomic E-state index is -0.358. The maximum atomic E-state index is 12.7. The summed E-state index contributed by atoms with van der Waals surface area (Å²) in [7, 11) is 0. The van der Waals surface area contributed by atoms with Crippen LogP contribution in [0.2, 0.25) is 0 Å². The lowest BCUT2D eigenvalue weighted by molar-refractivity contribution is -0.143. The average molecular weight is 455 g/mol. The summed E-state index contributed by atoms with van der Waals surface area (Å²) in [6, 6.07) is 19.9. The summed E-state index contributed by atoms with van der Waals surface area (Å²) < 4.78 is 1.87. The topological polar surface area (TPSA) is 84.3 Å². The number of nitrogens with zero attached hydrogens (tertiary/aromatic N) is 3. The second-order valence-electron chi connectivity index (χ2n) is 8.75. The Morgan fingerprint density at radius 3 is 2.18 bits per heavy atom. The van der Waals surface area contributed by atoms with Gasteiger partial charge >= 0.3 is 0 Å². The van der Waals surface area contributed by atoms with Gasteiger partial charge in [-0.3, -0.25) is 24.0 Å². The van der Waals surface area contributed by atoms with Crippen molar-refractivity contribution in [1.82, 2.24) is 20.0 Å². The van der Waals surface area contributed by atoms with Crippen LogP contribution in [0.25, 0.3) is 11.3 Å². The largest absolute Gasteiger partial charge is 0.350 e. The molecule has 1 fully saturated rings. The molecule has 7 heteroatoms. The first-order valence-corrected chi connectivity index (χ1v) is 11.5. The predicted octanol–water partition coefficient (Wildman–Crippen LogP) is 3.17. The van der Waals surface area contributed by atoms with Crippen LogP contribution in [0.3, 0.4) is 0 Å². The van der Waals surface area contributed by atoms with Gasteiger partial charge in [-0.2, -0.15) is 5.10 Å². The van der Waals surface area contributed by atoms with E-state index in [9.17, 15) is 14.4 Å². The van der Waals surface area contributed by atoms with E-state index in [1.165, 1.54) is 0 Å². The summed E-state index contributed by atoms with van der Waals surface area (Å²) in [6.07, 6.45) is 6.94. The third kappa shape index (κ3) is 4.41. The molecule has 0 bridgehead atoms. The number of hydrogen-bond donors (Lipinski definition) is 1. The monoisotopic (exact) mass is 454 g/mol. The molecule has 1 aliphatic carbocycles. The lowest BCUT2D eigenvalue weighted by atomic mass is 9.85. The molecule has 1 saturated heterocycles. The summed E-state index contributed by atoms with van der Waals surface area (Å²) >= 11 is 0. The summed E-state index contributed by atoms with van der Waals surface area (Å²) in [4.78, 5) is 39.1. The van der Waals surface area contributed by atoms with Gasteiger partial charge in [0.2, 0.25) is 17.7 Å². The highest BCUT2D eigenvalue weighted by Gasteiger charge is 2.47. The van der Waals surface area contributed by atoms with Crippen LogP contribution in [-0.4, -0.2) is 38.9 Å². The van der Waals surface area contributed by atoms with Crippen LogP contribution < -0.4 is 5.32 Å². The molecule has 1 aliphatic heterocycles. The van der Waals surface area contributed by atoms with Crippen LogP contribution in [0.4, 0.5) is 0 Å². The van der Waals surface area contributed by atoms with Gasteiger partial charge in [0.15, 0.2) is 0 Å². The van der Waals surface area contributed by atoms with E-state index in [0.717, 1.165) is 27.3 Å². The molecule has 34 heavy (non-hydrogen) atoms. The molecule has 3 aromatic rings. The first-order valence-electron chi connectivity index (χ1n) is 11.5. The minimum Gasteiger partial charge on any atom is -0.350 e. The fourth-order valence-electron chi connectivity index (χ4n) is 4.70. The number of fused-ring (bicyclic) bond motifs is 1. The van der Waals surface area contributed by atoms with Crippen molar-refractivity contribution in [3.63, 3.8) is 0 Å². The number of rotatable bonds is 7. The normalized spacial score (nSPS) is 19.4. The van der Waals surface area contributed by atoms with E-state index in [1.807, 2.05) is 83.7 Å². The van der Waals surface area contributed by atoms with Crippen LogP contribution in [0.15, 0.2) is 79.0 Å². The molecule has 0 spiro atoms. The SMILES string of the molecule is O=C(CN1C(=O)[C@H]2CC=CC[C@H]2C1=O)NCc1cn(Cc2ccccc2)nc1-c1ccccc1. The first kappa shape index (κ1) is 21.8. The number of amides is 3. The Hall–Kier alpha value is -4.00. The molecule has 172 valence electrons. The van der Waals surface area contributed by atoms with Gasteiger partial charge in [-0.25, -0.2) is 0 Å². The van der Waals surface area contributed by atoms with Crippen LogP contribution in [0.5, 0.6) is 0 Å². The van der Waals surface area contributed by atoms with Crippen molar-refractivity contribution in [2.24, 2.45) is 11.8 Å². The zero-order valence-electron chi connectivity index (χ0n) is 18.8. The van der Waals surface area contributed by atoms with Gasteiger partial charge in [0.05, 0.1) is 24.1 Å². The molecular weight excluding hydrogens is 428 g/mol. The number of likely N-dealkylation sites (tertiary alicyclic amines) is 1. The zero-order chi connectivity index (χ0) is 23.5. The molecule has 2 heterocycles. The van der Waals surface area contributed by atoms with E-state index >= 15 is 0 Å². The fourth-order valence-corrected chi connectivity index (χ4v) is 4.70. The molecule has 0 unspecified atom stereocenters. The van der Waals surface area contributed by atoms with Gasteiger partial charge in [-0.05, 0) is 18.4 Å². The van der Waals surface area contributed by atoms with Gasteiger partial charge in [0.25, 0.3) is 0 Å². The van der Waals surface area contributed by atoms with Crippen molar-refractivity contribution >= 4 is 17.7 Å². The van der Waals surface area contributed by atoms with Gasteiger partial charge in [0.1, 0.15) is 6.54 Å². The lowest BCUT2D eigenvalue weighted by Gasteiger charge is -2.14. The minimum absolute atomic E-state index is 0.241. The molecule has 1 aromatic heterocycles. The Labute approximate surface area is 198 Å². The Morgan fingerprint density at radius 2 is 1.53 bits per heavy atom. The number of aromatic nitrogens is 2. The van der Waals surface area contributed by atoms with E-state index in [4.69, 9.17) is 5.10 Å². The van der Waals surface area contributed by atoms with Crippen LogP contribution in [0.1, 0.15) is 24.0 Å². The van der Waals surface area contributed by atoms with Crippen molar-refractivity contribution in [3.8, 4) is 11.3 Å². The number of allylic oxidation sites excluding steroid dienone is 2. The number of carbonyl (C=O) groups excluding carboxylic acids is 3. The second kappa shape index (κ2) is 9.47. The Morgan fingerprint density at radius 1 is 0.912 bits per heavy atom. The van der Waals surface area contributed by atoms with E-state index in [1.54, 1.807) is 0 Å². The highest BCUT2D eigenvalue weighted by Crippen LogP contribution is 2.34. The van der Waals surface area contributed by atoms with Crippen LogP contribution in [-0.2, 0) is 27.5 Å². The molecule has 0 saturated carbocycles. The molecule has 3 amide bonds. The highest BCUT2D eigenvalue weighted by atomic mass is 16.2. The molecule has 1 N–H and O–H groups in total. The molecule has 2 aromatic carbocycles. The molecule has 5 rings (SSSR count). The summed E-state index contributed by atoms with van der Waals surface area (Å²) in [5.41, 5.74) is 3.75. The smallest absolute Gasteiger partial charge is 0.240 e. The fraction of sp³-hybridized carbons (Fsp3) is 0.259. The lowest BCUT2D eigenvalue weighted by Crippen LogP contribution is -2.40. The third-order valence-electron chi connectivity index (χ3n) is 6.45. The van der Waals surface area contributed by atoms with Gasteiger partial charge in [-0.1, -0.05) is 72.8 Å². The van der Waals surface area contributed by atoms with E-state index < -0.39 is 0 Å². The summed E-state index contributed by atoms with van der Waals surface area (Å²) in [5.74, 6) is -1.49. The molecule has 2 atom stereocenters. The van der Waals surface area contributed by atoms with E-state index in [2.05, 4.69) is 5.32 Å². The predicted molar refractivity (Wildman–Crippen MR) is 127 cm³/mol. The van der Waals surface area contributed by atoms with Gasteiger partial charge in [-0.15, -0.1) is 0 Å². The first-order chi connectivity index (χ1) is 16.6. The van der Waals surface area contributed by atoms with Gasteiger partial charge < -0.3 is 5.32 Å². The van der Waals surface area contributed by atoms with Crippen LogP contribution >= 0.6 is 0 Å². The number of imide groups is 1. The summed E-state index contributed by atoms with van der Waals surface area (Å²) in [5, 5.41) is 7.65. The molecule has 0 radical (unpaired) electrons. The number of carbonyl (C=O) groups is 3. The van der Waals surface area contributed by atoms with Crippen LogP contribution in [0, 0.1) is 11.8 Å². The summed E-state index contributed by atoms with van der Waals surface area (Å²) in [6.45, 7) is 0.619. The molecular formula is C27H26N4O3. The Bertz CT molecular complexity index is 1210. The number of hydrogen-bond acceptors (Lipinski definition) is 4. The van der Waals surface area contributed by atoms with Crippen molar-refractivity contribution in [3.05, 3.63) is 90.1 Å². The molecule has 2 aliphatic rings. The standard InChI is InChI=1S/C27H26N4O3/c32-24(18-31-26(33)22-13-7-8-14-23(22)27(31)34)28-15-21-17-30(16-19-9-3-1-4-10-19)29-25(21)20-11-5-2-6-12-20/h1-12,17,22-23H,13-16,18H2,(H,28,32)/t22-,23+. The van der Waals surface area contributed by atoms with Crippen molar-refractivity contribution in [1.29, 1.82) is 0 Å². The number of nitrogens with one attached hydrogen (secondary N) is 1. The van der Waals surface area contributed by atoms with E-state index in [-0.39, 0.29) is 42.6 Å². The van der Waals surface area contributed by atoms with Crippen molar-refractivity contribution < 1.29 is 14.4 Å². The van der Waals surface area contributed by atoms with E-state index in [0.29, 0.717) is 19.4 Å². The highest BCUT2D eigenvalue weighted by molar-refractivity contribution is 6.07. The average Bonchev–Trinajstić information content (AvgIpc) is 3.38. The zero-order valence-corrected chi connectivity index (χ0v) is 18.8. The Balaban J connectivity index is 1.29. The number of benzene rings is 2. The second-order valence-corrected chi connectivity index (χ2v) is 8.75. The molecule has 7 nitrogen and oxygen atoms in total. The van der Waals surface area contributed by atoms with Crippen molar-refractivity contribution in [2.45, 2.75) is 25.9 Å². The van der Waals surface area contributed by atoms with Crippen molar-refractivity contribution in [2.75, 3.05) is 6.54 Å². The van der Waals surface area contributed by atoms with Gasteiger partial charge in [0, 0.05) is 23.9 Å².